The summed E-state index contributed by atoms with van der Waals surface area (Å²) in [6, 6.07) is 13.4. The van der Waals surface area contributed by atoms with Gasteiger partial charge in [-0.3, -0.25) is 9.88 Å². The number of amides is 1. The van der Waals surface area contributed by atoms with Gasteiger partial charge in [0.25, 0.3) is 0 Å². The van der Waals surface area contributed by atoms with Crippen LogP contribution in [0.4, 0.5) is 29.5 Å². The Morgan fingerprint density at radius 2 is 1.94 bits per heavy atom. The third kappa shape index (κ3) is 6.76. The number of fused-ring (bicyclic) bond motifs is 1. The van der Waals surface area contributed by atoms with Gasteiger partial charge in [0.15, 0.2) is 0 Å². The third-order valence-electron chi connectivity index (χ3n) is 9.51. The number of rotatable bonds is 8. The molecule has 5 heterocycles. The van der Waals surface area contributed by atoms with Crippen LogP contribution in [-0.4, -0.2) is 93.9 Å². The Morgan fingerprint density at radius 3 is 2.64 bits per heavy atom. The summed E-state index contributed by atoms with van der Waals surface area (Å²) >= 11 is 0. The molecule has 1 aromatic carbocycles. The number of hydrogen-bond donors (Lipinski definition) is 1. The van der Waals surface area contributed by atoms with Crippen LogP contribution in [0.1, 0.15) is 41.6 Å². The Bertz CT molecular complexity index is 1640. The topological polar surface area (TPSA) is 122 Å². The van der Waals surface area contributed by atoms with Crippen LogP contribution in [0.2, 0.25) is 0 Å². The molecule has 2 unspecified atom stereocenters. The van der Waals surface area contributed by atoms with E-state index < -0.39 is 23.4 Å². The molecule has 3 aromatic rings. The molecule has 0 radical (unpaired) electrons. The lowest BCUT2D eigenvalue weighted by Gasteiger charge is -2.49. The minimum atomic E-state index is -4.57. The van der Waals surface area contributed by atoms with Crippen molar-refractivity contribution in [1.29, 1.82) is 5.26 Å². The van der Waals surface area contributed by atoms with Gasteiger partial charge in [-0.05, 0) is 50.9 Å². The number of ether oxygens (including phenoxy) is 1. The number of pyridine rings is 1. The van der Waals surface area contributed by atoms with Crippen molar-refractivity contribution < 1.29 is 27.8 Å². The molecule has 0 aliphatic carbocycles. The summed E-state index contributed by atoms with van der Waals surface area (Å²) < 4.78 is 48.0. The van der Waals surface area contributed by atoms with Gasteiger partial charge in [0.1, 0.15) is 12.4 Å². The van der Waals surface area contributed by atoms with E-state index in [-0.39, 0.29) is 50.3 Å². The van der Waals surface area contributed by atoms with Gasteiger partial charge in [-0.2, -0.15) is 28.4 Å². The maximum atomic E-state index is 13.9. The molecular formula is C33H37F3N8O3. The summed E-state index contributed by atoms with van der Waals surface area (Å²) in [4.78, 5) is 33.1. The van der Waals surface area contributed by atoms with Crippen molar-refractivity contribution in [2.24, 2.45) is 0 Å². The van der Waals surface area contributed by atoms with Crippen LogP contribution in [-0.2, 0) is 25.6 Å². The minimum Gasteiger partial charge on any atom is -0.465 e. The molecule has 14 heteroatoms. The number of benzene rings is 1. The molecule has 3 aliphatic rings. The predicted octanol–water partition coefficient (Wildman–Crippen LogP) is 4.62. The number of piperazine rings is 1. The number of hydrogen-bond acceptors (Lipinski definition) is 9. The molecule has 2 atom stereocenters. The maximum absolute atomic E-state index is 13.9. The van der Waals surface area contributed by atoms with E-state index in [1.54, 1.807) is 4.90 Å². The number of alkyl halides is 3. The number of anilines is 2. The highest BCUT2D eigenvalue weighted by Gasteiger charge is 2.46. The zero-order valence-electron chi connectivity index (χ0n) is 26.2. The van der Waals surface area contributed by atoms with E-state index in [1.165, 1.54) is 17.2 Å². The fraction of sp³-hybridized carbons (Fsp3) is 0.485. The number of nitrogens with zero attached hydrogens (tertiary/aromatic N) is 8. The Morgan fingerprint density at radius 1 is 1.13 bits per heavy atom. The molecule has 47 heavy (non-hydrogen) atoms. The molecule has 1 amide bonds. The van der Waals surface area contributed by atoms with Gasteiger partial charge in [-0.25, -0.2) is 4.79 Å². The molecule has 248 valence electrons. The van der Waals surface area contributed by atoms with Crippen molar-refractivity contribution in [1.82, 2.24) is 24.8 Å². The summed E-state index contributed by atoms with van der Waals surface area (Å²) in [5.74, 6) is 0.565. The van der Waals surface area contributed by atoms with E-state index in [2.05, 4.69) is 16.0 Å². The van der Waals surface area contributed by atoms with E-state index >= 15 is 0 Å². The lowest BCUT2D eigenvalue weighted by molar-refractivity contribution is -0.137. The Labute approximate surface area is 271 Å². The first-order valence-electron chi connectivity index (χ1n) is 15.7. The fourth-order valence-corrected chi connectivity index (χ4v) is 7.11. The summed E-state index contributed by atoms with van der Waals surface area (Å²) in [7, 11) is 2.04. The quantitative estimate of drug-likeness (QED) is 0.370. The molecule has 3 aliphatic heterocycles. The second-order valence-corrected chi connectivity index (χ2v) is 12.5. The number of carbonyl (C=O) groups is 1. The Balaban J connectivity index is 1.38. The molecule has 1 N–H and O–H groups in total. The van der Waals surface area contributed by atoms with Crippen molar-refractivity contribution in [3.05, 3.63) is 71.2 Å². The van der Waals surface area contributed by atoms with E-state index in [1.807, 2.05) is 42.3 Å². The summed E-state index contributed by atoms with van der Waals surface area (Å²) in [6.07, 6.45) is -0.811. The van der Waals surface area contributed by atoms with E-state index in [4.69, 9.17) is 14.7 Å². The first kappa shape index (κ1) is 32.3. The average molecular weight is 651 g/mol. The molecule has 0 spiro atoms. The van der Waals surface area contributed by atoms with Gasteiger partial charge >= 0.3 is 18.3 Å². The largest absolute Gasteiger partial charge is 0.465 e. The monoisotopic (exact) mass is 650 g/mol. The van der Waals surface area contributed by atoms with Crippen LogP contribution < -0.4 is 14.5 Å². The average Bonchev–Trinajstić information content (AvgIpc) is 3.47. The van der Waals surface area contributed by atoms with Gasteiger partial charge < -0.3 is 24.5 Å². The fourth-order valence-electron chi connectivity index (χ4n) is 7.11. The molecule has 2 fully saturated rings. The number of aromatic nitrogens is 3. The molecule has 6 rings (SSSR count). The van der Waals surface area contributed by atoms with Gasteiger partial charge in [0.05, 0.1) is 41.5 Å². The third-order valence-corrected chi connectivity index (χ3v) is 9.51. The predicted molar refractivity (Wildman–Crippen MR) is 167 cm³/mol. The molecule has 0 saturated carbocycles. The normalized spacial score (nSPS) is 21.8. The summed E-state index contributed by atoms with van der Waals surface area (Å²) in [5, 5.41) is 20.2. The first-order chi connectivity index (χ1) is 22.6. The summed E-state index contributed by atoms with van der Waals surface area (Å²) in [6.45, 7) is 2.36. The van der Waals surface area contributed by atoms with Crippen LogP contribution >= 0.6 is 0 Å². The highest BCUT2D eigenvalue weighted by atomic mass is 19.4. The van der Waals surface area contributed by atoms with Crippen molar-refractivity contribution in [3.63, 3.8) is 0 Å². The number of carboxylic acid groups (broad SMARTS) is 1. The Hall–Kier alpha value is -4.64. The van der Waals surface area contributed by atoms with Crippen LogP contribution in [0, 0.1) is 11.3 Å². The van der Waals surface area contributed by atoms with Gasteiger partial charge in [-0.15, -0.1) is 0 Å². The number of halogens is 3. The van der Waals surface area contributed by atoms with Crippen LogP contribution in [0.3, 0.4) is 0 Å². The maximum Gasteiger partial charge on any atom is 0.419 e. The molecule has 2 aromatic heterocycles. The van der Waals surface area contributed by atoms with Crippen molar-refractivity contribution in [2.45, 2.75) is 56.4 Å². The van der Waals surface area contributed by atoms with E-state index in [0.717, 1.165) is 36.7 Å². The second-order valence-electron chi connectivity index (χ2n) is 12.5. The second kappa shape index (κ2) is 13.2. The van der Waals surface area contributed by atoms with Crippen LogP contribution in [0.5, 0.6) is 6.01 Å². The molecular weight excluding hydrogens is 613 g/mol. The highest BCUT2D eigenvalue weighted by molar-refractivity contribution is 5.68. The highest BCUT2D eigenvalue weighted by Crippen LogP contribution is 2.40. The number of nitriles is 1. The lowest BCUT2D eigenvalue weighted by atomic mass is 9.83. The number of likely N-dealkylation sites (tertiary alicyclic amines) is 1. The van der Waals surface area contributed by atoms with E-state index in [0.29, 0.717) is 37.5 Å². The molecule has 11 nitrogen and oxygen atoms in total. The van der Waals surface area contributed by atoms with Crippen molar-refractivity contribution in [3.8, 4) is 12.1 Å². The Kier molecular flexibility index (Phi) is 9.09. The number of likely N-dealkylation sites (N-methyl/N-ethyl adjacent to an activating group) is 1. The zero-order valence-corrected chi connectivity index (χ0v) is 26.2. The SMILES string of the molecule is CN1CCCC1COc1nc2c(c(N3CCN(C(=O)O)C(CC#N)(Cc4ccccc4)C3)n1)CCN(c1ccncc1C(F)(F)F)C2. The standard InChI is InChI=1S/C33H37F3N8O3/c1-41-14-5-8-24(41)21-47-30-39-27-20-42(28-9-13-38-19-26(28)33(34,35)36)15-10-25(27)29(40-30)43-16-17-44(31(45)46)32(22-43,11-12-37)18-23-6-3-2-4-7-23/h2-4,6-7,9,13,19,24H,5,8,10-11,14-18,20-22H2,1H3,(H,45,46). The minimum absolute atomic E-state index is 0.0272. The molecule has 2 saturated heterocycles. The van der Waals surface area contributed by atoms with Crippen molar-refractivity contribution in [2.75, 3.05) is 56.2 Å². The lowest BCUT2D eigenvalue weighted by Crippen LogP contribution is -2.65. The van der Waals surface area contributed by atoms with Gasteiger partial charge in [0.2, 0.25) is 0 Å². The zero-order chi connectivity index (χ0) is 33.2. The van der Waals surface area contributed by atoms with Gasteiger partial charge in [-0.1, -0.05) is 30.3 Å². The summed E-state index contributed by atoms with van der Waals surface area (Å²) in [5.41, 5.74) is 0.382. The molecule has 0 bridgehead atoms. The first-order valence-corrected chi connectivity index (χ1v) is 15.7. The van der Waals surface area contributed by atoms with Crippen LogP contribution in [0.15, 0.2) is 48.8 Å². The van der Waals surface area contributed by atoms with Crippen molar-refractivity contribution >= 4 is 17.6 Å². The van der Waals surface area contributed by atoms with Gasteiger partial charge in [0, 0.05) is 50.2 Å². The smallest absolute Gasteiger partial charge is 0.419 e. The van der Waals surface area contributed by atoms with Crippen LogP contribution in [0.25, 0.3) is 0 Å². The van der Waals surface area contributed by atoms with E-state index in [9.17, 15) is 28.3 Å².